The van der Waals surface area contributed by atoms with Gasteiger partial charge in [-0.2, -0.15) is 0 Å². The second-order valence-electron chi connectivity index (χ2n) is 6.87. The minimum absolute atomic E-state index is 0.111. The van der Waals surface area contributed by atoms with Gasteiger partial charge in [-0.15, -0.1) is 0 Å². The monoisotopic (exact) mass is 402 g/mol. The van der Waals surface area contributed by atoms with Crippen molar-refractivity contribution in [2.45, 2.75) is 32.7 Å². The molecule has 0 aliphatic heterocycles. The van der Waals surface area contributed by atoms with E-state index in [1.54, 1.807) is 6.07 Å². The van der Waals surface area contributed by atoms with Crippen LogP contribution in [0, 0.1) is 24.0 Å². The van der Waals surface area contributed by atoms with Gasteiger partial charge < -0.3 is 18.8 Å². The fourth-order valence-electron chi connectivity index (χ4n) is 3.42. The minimum atomic E-state index is -0.984. The van der Waals surface area contributed by atoms with Gasteiger partial charge in [0.15, 0.2) is 18.1 Å². The number of ketones is 1. The summed E-state index contributed by atoms with van der Waals surface area (Å²) in [6.07, 6.45) is 2.17. The Bertz CT molecular complexity index is 989. The lowest BCUT2D eigenvalue weighted by molar-refractivity contribution is -0.385. The fraction of sp³-hybridized carbons (Fsp3) is 0.400. The zero-order valence-corrected chi connectivity index (χ0v) is 16.7. The first-order chi connectivity index (χ1) is 13.8. The molecule has 0 N–H and O–H groups in total. The van der Waals surface area contributed by atoms with Gasteiger partial charge in [-0.1, -0.05) is 0 Å². The molecule has 0 spiro atoms. The number of rotatable bonds is 8. The van der Waals surface area contributed by atoms with Gasteiger partial charge in [0.1, 0.15) is 5.56 Å². The van der Waals surface area contributed by atoms with Crippen LogP contribution < -0.4 is 9.47 Å². The molecule has 154 valence electrons. The van der Waals surface area contributed by atoms with E-state index in [0.717, 1.165) is 30.3 Å². The van der Waals surface area contributed by atoms with Gasteiger partial charge in [0.25, 0.3) is 5.69 Å². The van der Waals surface area contributed by atoms with Crippen molar-refractivity contribution in [1.82, 2.24) is 4.57 Å². The van der Waals surface area contributed by atoms with Gasteiger partial charge in [0, 0.05) is 29.1 Å². The third-order valence-corrected chi connectivity index (χ3v) is 4.95. The Hall–Kier alpha value is -3.36. The minimum Gasteiger partial charge on any atom is -0.493 e. The van der Waals surface area contributed by atoms with E-state index >= 15 is 0 Å². The van der Waals surface area contributed by atoms with E-state index in [0.29, 0.717) is 11.6 Å². The molecule has 0 bridgehead atoms. The summed E-state index contributed by atoms with van der Waals surface area (Å²) in [6.45, 7) is 3.28. The first-order valence-electron chi connectivity index (χ1n) is 9.07. The Labute approximate surface area is 167 Å². The molecule has 9 heteroatoms. The van der Waals surface area contributed by atoms with E-state index in [4.69, 9.17) is 14.2 Å². The summed E-state index contributed by atoms with van der Waals surface area (Å²) in [5.41, 5.74) is 1.50. The van der Waals surface area contributed by atoms with Crippen molar-refractivity contribution in [3.8, 4) is 11.5 Å². The molecule has 1 aliphatic carbocycles. The van der Waals surface area contributed by atoms with E-state index in [-0.39, 0.29) is 22.8 Å². The summed E-state index contributed by atoms with van der Waals surface area (Å²) in [6, 6.07) is 4.46. The number of hydrogen-bond acceptors (Lipinski definition) is 7. The number of nitro groups is 1. The Morgan fingerprint density at radius 1 is 1.10 bits per heavy atom. The number of esters is 1. The molecule has 1 aromatic carbocycles. The van der Waals surface area contributed by atoms with Gasteiger partial charge in [-0.25, -0.2) is 4.79 Å². The lowest BCUT2D eigenvalue weighted by Crippen LogP contribution is -2.16. The molecule has 1 aliphatic rings. The zero-order chi connectivity index (χ0) is 21.3. The SMILES string of the molecule is COc1cc(C(=O)OCC(=O)c2cc(C)n(C3CC3)c2C)c([N+](=O)[O-])cc1OC. The maximum atomic E-state index is 12.6. The number of aryl methyl sites for hydroxylation is 1. The van der Waals surface area contributed by atoms with Crippen molar-refractivity contribution in [3.63, 3.8) is 0 Å². The maximum absolute atomic E-state index is 12.6. The standard InChI is InChI=1S/C20H22N2O7/c1-11-7-14(12(2)21(11)13-5-6-13)17(23)10-29-20(24)15-8-18(27-3)19(28-4)9-16(15)22(25)26/h7-9,13H,5-6,10H2,1-4H3. The number of methoxy groups -OCH3 is 2. The highest BCUT2D eigenvalue weighted by molar-refractivity contribution is 6.01. The van der Waals surface area contributed by atoms with Crippen LogP contribution in [0.15, 0.2) is 18.2 Å². The Balaban J connectivity index is 1.79. The molecule has 0 radical (unpaired) electrons. The summed E-state index contributed by atoms with van der Waals surface area (Å²) in [5, 5.41) is 11.3. The second-order valence-corrected chi connectivity index (χ2v) is 6.87. The summed E-state index contributed by atoms with van der Waals surface area (Å²) in [7, 11) is 2.67. The number of nitro benzene ring substituents is 1. The first-order valence-corrected chi connectivity index (χ1v) is 9.07. The topological polar surface area (TPSA) is 110 Å². The molecule has 3 rings (SSSR count). The average Bonchev–Trinajstić information content (AvgIpc) is 3.48. The molecule has 1 fully saturated rings. The van der Waals surface area contributed by atoms with Gasteiger partial charge >= 0.3 is 5.97 Å². The van der Waals surface area contributed by atoms with Crippen LogP contribution in [0.1, 0.15) is 51.0 Å². The number of ether oxygens (including phenoxy) is 3. The summed E-state index contributed by atoms with van der Waals surface area (Å²) < 4.78 is 17.3. The first kappa shape index (κ1) is 20.4. The van der Waals surface area contributed by atoms with Gasteiger partial charge in [-0.3, -0.25) is 14.9 Å². The molecule has 0 atom stereocenters. The lowest BCUT2D eigenvalue weighted by atomic mass is 10.1. The molecule has 0 amide bonds. The highest BCUT2D eigenvalue weighted by Gasteiger charge is 2.29. The maximum Gasteiger partial charge on any atom is 0.345 e. The van der Waals surface area contributed by atoms with Crippen molar-refractivity contribution in [2.24, 2.45) is 0 Å². The quantitative estimate of drug-likeness (QED) is 0.288. The van der Waals surface area contributed by atoms with Crippen molar-refractivity contribution in [2.75, 3.05) is 20.8 Å². The number of Topliss-reactive ketones (excluding diaryl/α,β-unsaturated/α-hetero) is 1. The van der Waals surface area contributed by atoms with Crippen LogP contribution in [0.5, 0.6) is 11.5 Å². The van der Waals surface area contributed by atoms with E-state index < -0.39 is 23.2 Å². The third-order valence-electron chi connectivity index (χ3n) is 4.95. The molecule has 9 nitrogen and oxygen atoms in total. The lowest BCUT2D eigenvalue weighted by Gasteiger charge is -2.10. The molecular formula is C20H22N2O7. The summed E-state index contributed by atoms with van der Waals surface area (Å²) in [4.78, 5) is 35.7. The van der Waals surface area contributed by atoms with Crippen molar-refractivity contribution in [3.05, 3.63) is 50.8 Å². The molecule has 29 heavy (non-hydrogen) atoms. The molecule has 0 unspecified atom stereocenters. The van der Waals surface area contributed by atoms with Crippen LogP contribution in [0.4, 0.5) is 5.69 Å². The fourth-order valence-corrected chi connectivity index (χ4v) is 3.42. The summed E-state index contributed by atoms with van der Waals surface area (Å²) in [5.74, 6) is -1.09. The normalized spacial score (nSPS) is 13.1. The van der Waals surface area contributed by atoms with E-state index in [9.17, 15) is 19.7 Å². The molecule has 0 saturated heterocycles. The Kier molecular flexibility index (Phi) is 5.58. The smallest absolute Gasteiger partial charge is 0.345 e. The Morgan fingerprint density at radius 2 is 1.72 bits per heavy atom. The van der Waals surface area contributed by atoms with Crippen molar-refractivity contribution in [1.29, 1.82) is 0 Å². The number of carbonyl (C=O) groups is 2. The van der Waals surface area contributed by atoms with Crippen molar-refractivity contribution < 1.29 is 28.7 Å². The van der Waals surface area contributed by atoms with E-state index in [1.807, 2.05) is 13.8 Å². The van der Waals surface area contributed by atoms with Crippen LogP contribution in [0.2, 0.25) is 0 Å². The largest absolute Gasteiger partial charge is 0.493 e. The highest BCUT2D eigenvalue weighted by Crippen LogP contribution is 2.38. The van der Waals surface area contributed by atoms with Crippen LogP contribution >= 0.6 is 0 Å². The number of aromatic nitrogens is 1. The number of carbonyl (C=O) groups excluding carboxylic acids is 2. The van der Waals surface area contributed by atoms with Gasteiger partial charge in [0.2, 0.25) is 5.78 Å². The molecular weight excluding hydrogens is 380 g/mol. The second kappa shape index (κ2) is 7.94. The van der Waals surface area contributed by atoms with Crippen LogP contribution in [0.3, 0.4) is 0 Å². The molecule has 1 saturated carbocycles. The van der Waals surface area contributed by atoms with Crippen molar-refractivity contribution >= 4 is 17.4 Å². The number of nitrogens with zero attached hydrogens (tertiary/aromatic N) is 2. The van der Waals surface area contributed by atoms with Crippen LogP contribution in [-0.2, 0) is 4.74 Å². The molecule has 2 aromatic rings. The predicted octanol–water partition coefficient (Wildman–Crippen LogP) is 3.40. The van der Waals surface area contributed by atoms with Crippen LogP contribution in [0.25, 0.3) is 0 Å². The molecule has 1 heterocycles. The van der Waals surface area contributed by atoms with E-state index in [2.05, 4.69) is 4.57 Å². The zero-order valence-electron chi connectivity index (χ0n) is 16.7. The number of benzene rings is 1. The summed E-state index contributed by atoms with van der Waals surface area (Å²) >= 11 is 0. The number of hydrogen-bond donors (Lipinski definition) is 0. The van der Waals surface area contributed by atoms with Gasteiger partial charge in [0.05, 0.1) is 25.2 Å². The van der Waals surface area contributed by atoms with E-state index in [1.165, 1.54) is 20.3 Å². The van der Waals surface area contributed by atoms with Gasteiger partial charge in [-0.05, 0) is 32.8 Å². The van der Waals surface area contributed by atoms with Crippen LogP contribution in [-0.4, -0.2) is 42.1 Å². The predicted molar refractivity (Wildman–Crippen MR) is 103 cm³/mol. The highest BCUT2D eigenvalue weighted by atomic mass is 16.6. The third kappa shape index (κ3) is 3.94. The Morgan fingerprint density at radius 3 is 2.28 bits per heavy atom. The average molecular weight is 402 g/mol. The molecule has 1 aromatic heterocycles.